The molecule has 0 radical (unpaired) electrons. The first-order valence-electron chi connectivity index (χ1n) is 5.32. The lowest BCUT2D eigenvalue weighted by Gasteiger charge is -2.18. The van der Waals surface area contributed by atoms with Crippen LogP contribution in [0.1, 0.15) is 5.82 Å². The number of aromatic nitrogens is 5. The summed E-state index contributed by atoms with van der Waals surface area (Å²) in [5.74, 6) is 2.10. The number of thioether (sulfide) groups is 1. The zero-order valence-electron chi connectivity index (χ0n) is 10.5. The molecular weight excluding hydrogens is 250 g/mol. The van der Waals surface area contributed by atoms with E-state index in [4.69, 9.17) is 5.73 Å². The molecule has 0 atom stereocenters. The fourth-order valence-electron chi connectivity index (χ4n) is 1.46. The van der Waals surface area contributed by atoms with Crippen LogP contribution in [0.2, 0.25) is 0 Å². The summed E-state index contributed by atoms with van der Waals surface area (Å²) in [7, 11) is 3.84. The molecule has 2 aromatic rings. The standard InChI is InChI=1S/C10H15N7S/c1-16(5-9-15-12-6-17(9)2)8-4-7(11)13-10(14-8)18-3/h4,6H,5H2,1-3H3,(H2,11,13,14). The molecule has 0 aliphatic carbocycles. The maximum Gasteiger partial charge on any atom is 0.191 e. The predicted molar refractivity (Wildman–Crippen MR) is 71.3 cm³/mol. The van der Waals surface area contributed by atoms with Crippen molar-refractivity contribution in [2.24, 2.45) is 7.05 Å². The van der Waals surface area contributed by atoms with Crippen molar-refractivity contribution in [2.75, 3.05) is 23.9 Å². The van der Waals surface area contributed by atoms with Crippen molar-refractivity contribution in [3.63, 3.8) is 0 Å². The maximum absolute atomic E-state index is 5.75. The van der Waals surface area contributed by atoms with Gasteiger partial charge in [0, 0.05) is 20.2 Å². The summed E-state index contributed by atoms with van der Waals surface area (Å²) in [4.78, 5) is 10.5. The molecule has 0 bridgehead atoms. The largest absolute Gasteiger partial charge is 0.383 e. The van der Waals surface area contributed by atoms with Gasteiger partial charge in [0.1, 0.15) is 18.0 Å². The van der Waals surface area contributed by atoms with Crippen molar-refractivity contribution >= 4 is 23.4 Å². The molecule has 0 aromatic carbocycles. The van der Waals surface area contributed by atoms with Crippen LogP contribution in [0.15, 0.2) is 17.6 Å². The molecule has 0 spiro atoms. The van der Waals surface area contributed by atoms with Gasteiger partial charge in [0.05, 0.1) is 6.54 Å². The smallest absolute Gasteiger partial charge is 0.191 e. The summed E-state index contributed by atoms with van der Waals surface area (Å²) >= 11 is 1.46. The van der Waals surface area contributed by atoms with Crippen LogP contribution in [0, 0.1) is 0 Å². The van der Waals surface area contributed by atoms with E-state index in [1.165, 1.54) is 11.8 Å². The Bertz CT molecular complexity index is 539. The average Bonchev–Trinajstić information content (AvgIpc) is 2.74. The highest BCUT2D eigenvalue weighted by molar-refractivity contribution is 7.98. The third-order valence-electron chi connectivity index (χ3n) is 2.47. The van der Waals surface area contributed by atoms with E-state index >= 15 is 0 Å². The summed E-state index contributed by atoms with van der Waals surface area (Å²) in [6, 6.07) is 1.75. The molecule has 0 aliphatic rings. The zero-order chi connectivity index (χ0) is 13.1. The monoisotopic (exact) mass is 265 g/mol. The van der Waals surface area contributed by atoms with Crippen molar-refractivity contribution in [1.29, 1.82) is 0 Å². The number of hydrogen-bond donors (Lipinski definition) is 1. The van der Waals surface area contributed by atoms with Gasteiger partial charge in [-0.25, -0.2) is 9.97 Å². The lowest BCUT2D eigenvalue weighted by Crippen LogP contribution is -2.20. The van der Waals surface area contributed by atoms with Crippen LogP contribution < -0.4 is 10.6 Å². The van der Waals surface area contributed by atoms with Crippen LogP contribution in [-0.4, -0.2) is 38.0 Å². The van der Waals surface area contributed by atoms with Gasteiger partial charge >= 0.3 is 0 Å². The molecular formula is C10H15N7S. The number of anilines is 2. The molecule has 0 unspecified atom stereocenters. The quantitative estimate of drug-likeness (QED) is 0.638. The Morgan fingerprint density at radius 2 is 2.22 bits per heavy atom. The van der Waals surface area contributed by atoms with E-state index < -0.39 is 0 Å². The van der Waals surface area contributed by atoms with Crippen molar-refractivity contribution < 1.29 is 0 Å². The van der Waals surface area contributed by atoms with Gasteiger partial charge in [-0.3, -0.25) is 0 Å². The Kier molecular flexibility index (Phi) is 3.66. The van der Waals surface area contributed by atoms with Crippen LogP contribution in [0.5, 0.6) is 0 Å². The SMILES string of the molecule is CSc1nc(N)cc(N(C)Cc2nncn2C)n1. The van der Waals surface area contributed by atoms with E-state index in [-0.39, 0.29) is 0 Å². The van der Waals surface area contributed by atoms with Gasteiger partial charge in [0.2, 0.25) is 0 Å². The molecule has 2 aromatic heterocycles. The van der Waals surface area contributed by atoms with Crippen LogP contribution in [-0.2, 0) is 13.6 Å². The number of aryl methyl sites for hydroxylation is 1. The Hall–Kier alpha value is -1.83. The number of hydrogen-bond acceptors (Lipinski definition) is 7. The molecule has 2 N–H and O–H groups in total. The summed E-state index contributed by atoms with van der Waals surface area (Å²) in [6.07, 6.45) is 3.59. The summed E-state index contributed by atoms with van der Waals surface area (Å²) in [5.41, 5.74) is 5.75. The summed E-state index contributed by atoms with van der Waals surface area (Å²) in [6.45, 7) is 0.612. The van der Waals surface area contributed by atoms with E-state index in [9.17, 15) is 0 Å². The highest BCUT2D eigenvalue weighted by Gasteiger charge is 2.10. The molecule has 2 rings (SSSR count). The predicted octanol–water partition coefficient (Wildman–Crippen LogP) is 0.546. The zero-order valence-corrected chi connectivity index (χ0v) is 11.3. The first-order chi connectivity index (χ1) is 8.60. The Labute approximate surface area is 109 Å². The van der Waals surface area contributed by atoms with E-state index in [1.54, 1.807) is 12.4 Å². The number of nitrogens with zero attached hydrogens (tertiary/aromatic N) is 6. The maximum atomic E-state index is 5.75. The summed E-state index contributed by atoms with van der Waals surface area (Å²) in [5, 5.41) is 8.54. The van der Waals surface area contributed by atoms with Crippen LogP contribution >= 0.6 is 11.8 Å². The normalized spacial score (nSPS) is 10.6. The van der Waals surface area contributed by atoms with Gasteiger partial charge in [-0.1, -0.05) is 11.8 Å². The van der Waals surface area contributed by atoms with Crippen molar-refractivity contribution in [3.05, 3.63) is 18.2 Å². The van der Waals surface area contributed by atoms with Crippen LogP contribution in [0.4, 0.5) is 11.6 Å². The second kappa shape index (κ2) is 5.21. The fraction of sp³-hybridized carbons (Fsp3) is 0.400. The van der Waals surface area contributed by atoms with Crippen molar-refractivity contribution in [1.82, 2.24) is 24.7 Å². The minimum atomic E-state index is 0.467. The van der Waals surface area contributed by atoms with Gasteiger partial charge in [0.25, 0.3) is 0 Å². The second-order valence-corrected chi connectivity index (χ2v) is 4.63. The lowest BCUT2D eigenvalue weighted by molar-refractivity contribution is 0.748. The van der Waals surface area contributed by atoms with Gasteiger partial charge in [-0.05, 0) is 6.26 Å². The van der Waals surface area contributed by atoms with E-state index in [1.807, 2.05) is 29.8 Å². The molecule has 0 saturated carbocycles. The van der Waals surface area contributed by atoms with Gasteiger partial charge < -0.3 is 15.2 Å². The number of rotatable bonds is 4. The molecule has 96 valence electrons. The third-order valence-corrected chi connectivity index (χ3v) is 3.02. The van der Waals surface area contributed by atoms with E-state index in [0.717, 1.165) is 11.6 Å². The molecule has 0 amide bonds. The van der Waals surface area contributed by atoms with Crippen LogP contribution in [0.3, 0.4) is 0 Å². The second-order valence-electron chi connectivity index (χ2n) is 3.85. The van der Waals surface area contributed by atoms with Gasteiger partial charge in [0.15, 0.2) is 11.0 Å². The van der Waals surface area contributed by atoms with Crippen LogP contribution in [0.25, 0.3) is 0 Å². The number of nitrogens with two attached hydrogens (primary N) is 1. The average molecular weight is 265 g/mol. The van der Waals surface area contributed by atoms with E-state index in [0.29, 0.717) is 17.5 Å². The highest BCUT2D eigenvalue weighted by atomic mass is 32.2. The molecule has 18 heavy (non-hydrogen) atoms. The lowest BCUT2D eigenvalue weighted by atomic mass is 10.4. The van der Waals surface area contributed by atoms with Gasteiger partial charge in [-0.15, -0.1) is 10.2 Å². The minimum Gasteiger partial charge on any atom is -0.383 e. The van der Waals surface area contributed by atoms with Crippen molar-refractivity contribution in [3.8, 4) is 0 Å². The molecule has 0 aliphatic heterocycles. The van der Waals surface area contributed by atoms with E-state index in [2.05, 4.69) is 20.2 Å². The fourth-order valence-corrected chi connectivity index (χ4v) is 1.84. The highest BCUT2D eigenvalue weighted by Crippen LogP contribution is 2.18. The Morgan fingerprint density at radius 3 is 2.83 bits per heavy atom. The minimum absolute atomic E-state index is 0.467. The molecule has 2 heterocycles. The molecule has 8 heteroatoms. The number of nitrogen functional groups attached to an aromatic ring is 1. The van der Waals surface area contributed by atoms with Gasteiger partial charge in [-0.2, -0.15) is 0 Å². The first-order valence-corrected chi connectivity index (χ1v) is 6.55. The Balaban J connectivity index is 2.20. The van der Waals surface area contributed by atoms with Crippen molar-refractivity contribution in [2.45, 2.75) is 11.7 Å². The third kappa shape index (κ3) is 2.70. The topological polar surface area (TPSA) is 85.8 Å². The molecule has 7 nitrogen and oxygen atoms in total. The first kappa shape index (κ1) is 12.6. The summed E-state index contributed by atoms with van der Waals surface area (Å²) < 4.78 is 1.87. The molecule has 0 fully saturated rings. The Morgan fingerprint density at radius 1 is 1.44 bits per heavy atom. The molecule has 0 saturated heterocycles.